The lowest BCUT2D eigenvalue weighted by atomic mass is 9.62. The molecule has 1 amide bonds. The molecule has 0 saturated heterocycles. The van der Waals surface area contributed by atoms with Gasteiger partial charge in [0.1, 0.15) is 23.8 Å². The van der Waals surface area contributed by atoms with Crippen molar-refractivity contribution in [2.75, 3.05) is 17.3 Å². The molecule has 2 fully saturated rings. The van der Waals surface area contributed by atoms with E-state index in [1.54, 1.807) is 20.4 Å². The van der Waals surface area contributed by atoms with Gasteiger partial charge in [-0.1, -0.05) is 12.8 Å². The first kappa shape index (κ1) is 25.8. The van der Waals surface area contributed by atoms with Crippen LogP contribution >= 0.6 is 0 Å². The van der Waals surface area contributed by atoms with E-state index in [4.69, 9.17) is 9.72 Å². The predicted molar refractivity (Wildman–Crippen MR) is 139 cm³/mol. The van der Waals surface area contributed by atoms with Gasteiger partial charge in [-0.15, -0.1) is 10.2 Å². The number of hydrogen-bond acceptors (Lipinski definition) is 6. The molecule has 0 bridgehead atoms. The van der Waals surface area contributed by atoms with Crippen LogP contribution < -0.4 is 10.2 Å². The zero-order chi connectivity index (χ0) is 27.5. The molecular formula is C28H31F3N6O2. The Hall–Kier alpha value is -3.47. The number of alkyl halides is 3. The lowest BCUT2D eigenvalue weighted by molar-refractivity contribution is -0.138. The molecule has 0 spiro atoms. The zero-order valence-corrected chi connectivity index (χ0v) is 22.2. The highest BCUT2D eigenvalue weighted by Gasteiger charge is 2.51. The molecule has 3 heterocycles. The molecule has 206 valence electrons. The summed E-state index contributed by atoms with van der Waals surface area (Å²) in [4.78, 5) is 19.7. The van der Waals surface area contributed by atoms with Gasteiger partial charge in [0.2, 0.25) is 0 Å². The van der Waals surface area contributed by atoms with Gasteiger partial charge in [-0.05, 0) is 73.6 Å². The fourth-order valence-electron chi connectivity index (χ4n) is 6.42. The van der Waals surface area contributed by atoms with Crippen LogP contribution in [0.15, 0.2) is 30.6 Å². The Morgan fingerprint density at radius 3 is 2.51 bits per heavy atom. The van der Waals surface area contributed by atoms with Gasteiger partial charge in [0.15, 0.2) is 0 Å². The van der Waals surface area contributed by atoms with Gasteiger partial charge in [0, 0.05) is 25.8 Å². The van der Waals surface area contributed by atoms with Crippen LogP contribution in [-0.4, -0.2) is 44.9 Å². The molecule has 0 atom stereocenters. The Labute approximate surface area is 224 Å². The summed E-state index contributed by atoms with van der Waals surface area (Å²) in [5.41, 5.74) is 0.0363. The van der Waals surface area contributed by atoms with Gasteiger partial charge in [0.25, 0.3) is 5.91 Å². The number of hydrogen-bond donors (Lipinski definition) is 1. The van der Waals surface area contributed by atoms with Crippen LogP contribution in [0.4, 0.5) is 24.8 Å². The van der Waals surface area contributed by atoms with Crippen molar-refractivity contribution < 1.29 is 22.7 Å². The van der Waals surface area contributed by atoms with Crippen LogP contribution in [0.2, 0.25) is 0 Å². The Morgan fingerprint density at radius 1 is 1.13 bits per heavy atom. The van der Waals surface area contributed by atoms with Gasteiger partial charge in [-0.25, -0.2) is 4.98 Å². The molecule has 2 aromatic heterocycles. The molecule has 2 saturated carbocycles. The summed E-state index contributed by atoms with van der Waals surface area (Å²) >= 11 is 0. The number of nitrogens with zero attached hydrogens (tertiary/aromatic N) is 5. The smallest absolute Gasteiger partial charge is 0.381 e. The summed E-state index contributed by atoms with van der Waals surface area (Å²) in [6.07, 6.45) is 2.73. The number of aromatic nitrogens is 4. The van der Waals surface area contributed by atoms with Gasteiger partial charge in [0.05, 0.1) is 23.6 Å². The number of amides is 1. The van der Waals surface area contributed by atoms with E-state index in [-0.39, 0.29) is 29.8 Å². The Kier molecular flexibility index (Phi) is 6.16. The number of benzene rings is 1. The SMILES string of the molecule is COC1CC(c2cc(NC3CCCC3)nc(N3Cc4c(cc(C)cc4C(F)(F)F)C3=O)c2)(c2nncn2C)C1. The number of halogens is 3. The second-order valence-electron chi connectivity index (χ2n) is 11.1. The second-order valence-corrected chi connectivity index (χ2v) is 11.1. The maximum atomic E-state index is 13.9. The number of carbonyl (C=O) groups excluding carboxylic acids is 1. The lowest BCUT2D eigenvalue weighted by Gasteiger charge is -2.46. The highest BCUT2D eigenvalue weighted by Crippen LogP contribution is 2.50. The van der Waals surface area contributed by atoms with Crippen LogP contribution in [0.25, 0.3) is 0 Å². The number of rotatable bonds is 6. The van der Waals surface area contributed by atoms with Crippen LogP contribution in [-0.2, 0) is 29.9 Å². The normalized spacial score (nSPS) is 23.3. The van der Waals surface area contributed by atoms with Gasteiger partial charge in [-0.2, -0.15) is 13.2 Å². The number of pyridine rings is 1. The van der Waals surface area contributed by atoms with Gasteiger partial charge >= 0.3 is 6.18 Å². The average molecular weight is 541 g/mol. The Bertz CT molecular complexity index is 1420. The minimum atomic E-state index is -4.56. The molecule has 0 unspecified atom stereocenters. The first-order valence-electron chi connectivity index (χ1n) is 13.3. The number of anilines is 2. The largest absolute Gasteiger partial charge is 0.416 e. The summed E-state index contributed by atoms with van der Waals surface area (Å²) in [5, 5.41) is 12.1. The highest BCUT2D eigenvalue weighted by molar-refractivity contribution is 6.10. The molecule has 39 heavy (non-hydrogen) atoms. The van der Waals surface area contributed by atoms with E-state index in [0.717, 1.165) is 43.1 Å². The topological polar surface area (TPSA) is 85.2 Å². The van der Waals surface area contributed by atoms with E-state index in [1.165, 1.54) is 11.0 Å². The van der Waals surface area contributed by atoms with Crippen molar-refractivity contribution in [1.82, 2.24) is 19.7 Å². The number of ether oxygens (including phenoxy) is 1. The average Bonchev–Trinajstić information content (AvgIpc) is 3.60. The molecule has 8 nitrogen and oxygen atoms in total. The Balaban J connectivity index is 1.46. The molecule has 3 aromatic rings. The van der Waals surface area contributed by atoms with Crippen LogP contribution in [0.5, 0.6) is 0 Å². The number of carbonyl (C=O) groups is 1. The first-order chi connectivity index (χ1) is 18.6. The molecular weight excluding hydrogens is 509 g/mol. The standard InChI is InChI=1S/C28H31F3N6O2/c1-16-8-20-21(22(9-16)28(29,30)31)14-37(25(20)38)24-11-17(10-23(34-24)33-18-6-4-5-7-18)27(12-19(13-27)39-3)26-35-32-15-36(26)2/h8-11,15,18-19H,4-7,12-14H2,1-3H3,(H,33,34). The Morgan fingerprint density at radius 2 is 1.87 bits per heavy atom. The van der Waals surface area contributed by atoms with Crippen molar-refractivity contribution >= 4 is 17.5 Å². The van der Waals surface area contributed by atoms with Crippen LogP contribution in [0, 0.1) is 6.92 Å². The predicted octanol–water partition coefficient (Wildman–Crippen LogP) is 5.15. The second kappa shape index (κ2) is 9.32. The van der Waals surface area contributed by atoms with Crippen molar-refractivity contribution in [2.24, 2.45) is 7.05 Å². The zero-order valence-electron chi connectivity index (χ0n) is 22.2. The summed E-state index contributed by atoms with van der Waals surface area (Å²) in [5.74, 6) is 1.22. The molecule has 1 aliphatic heterocycles. The fraction of sp³-hybridized carbons (Fsp3) is 0.500. The van der Waals surface area contributed by atoms with Gasteiger partial charge < -0.3 is 14.6 Å². The van der Waals surface area contributed by atoms with Crippen molar-refractivity contribution in [1.29, 1.82) is 0 Å². The highest BCUT2D eigenvalue weighted by atomic mass is 19.4. The minimum absolute atomic E-state index is 0.0123. The molecule has 1 N–H and O–H groups in total. The minimum Gasteiger partial charge on any atom is -0.381 e. The molecule has 0 radical (unpaired) electrons. The quantitative estimate of drug-likeness (QED) is 0.466. The molecule has 2 aliphatic carbocycles. The number of methoxy groups -OCH3 is 1. The lowest BCUT2D eigenvalue weighted by Crippen LogP contribution is -2.48. The van der Waals surface area contributed by atoms with Crippen molar-refractivity contribution in [3.8, 4) is 0 Å². The number of nitrogens with one attached hydrogen (secondary N) is 1. The van der Waals surface area contributed by atoms with E-state index in [2.05, 4.69) is 15.5 Å². The molecule has 11 heteroatoms. The monoisotopic (exact) mass is 540 g/mol. The van der Waals surface area contributed by atoms with Crippen molar-refractivity contribution in [3.63, 3.8) is 0 Å². The third-order valence-electron chi connectivity index (χ3n) is 8.46. The van der Waals surface area contributed by atoms with Gasteiger partial charge in [-0.3, -0.25) is 9.69 Å². The van der Waals surface area contributed by atoms with E-state index >= 15 is 0 Å². The van der Waals surface area contributed by atoms with E-state index in [0.29, 0.717) is 30.0 Å². The van der Waals surface area contributed by atoms with E-state index in [1.807, 2.05) is 23.7 Å². The molecule has 3 aliphatic rings. The molecule has 6 rings (SSSR count). The third-order valence-corrected chi connectivity index (χ3v) is 8.46. The maximum absolute atomic E-state index is 13.9. The van der Waals surface area contributed by atoms with Crippen molar-refractivity contribution in [3.05, 3.63) is 64.2 Å². The summed E-state index contributed by atoms with van der Waals surface area (Å²) in [6.45, 7) is 1.38. The maximum Gasteiger partial charge on any atom is 0.416 e. The summed E-state index contributed by atoms with van der Waals surface area (Å²) in [7, 11) is 3.56. The fourth-order valence-corrected chi connectivity index (χ4v) is 6.42. The number of aryl methyl sites for hydroxylation is 2. The summed E-state index contributed by atoms with van der Waals surface area (Å²) < 4.78 is 49.3. The van der Waals surface area contributed by atoms with E-state index < -0.39 is 23.1 Å². The van der Waals surface area contributed by atoms with E-state index in [9.17, 15) is 18.0 Å². The van der Waals surface area contributed by atoms with Crippen LogP contribution in [0.1, 0.15) is 77.0 Å². The van der Waals surface area contributed by atoms with Crippen molar-refractivity contribution in [2.45, 2.75) is 75.7 Å². The van der Waals surface area contributed by atoms with Crippen LogP contribution in [0.3, 0.4) is 0 Å². The number of fused-ring (bicyclic) bond motifs is 1. The molecule has 1 aromatic carbocycles. The summed E-state index contributed by atoms with van der Waals surface area (Å²) in [6, 6.07) is 6.70. The first-order valence-corrected chi connectivity index (χ1v) is 13.3. The third kappa shape index (κ3) is 4.36.